The summed E-state index contributed by atoms with van der Waals surface area (Å²) in [6.07, 6.45) is 0. The van der Waals surface area contributed by atoms with E-state index in [1.807, 2.05) is 63.2 Å². The van der Waals surface area contributed by atoms with Gasteiger partial charge in [0.05, 0.1) is 6.54 Å². The van der Waals surface area contributed by atoms with Gasteiger partial charge in [0.1, 0.15) is 0 Å². The Labute approximate surface area is 148 Å². The number of rotatable bonds is 7. The van der Waals surface area contributed by atoms with Crippen molar-refractivity contribution >= 4 is 17.5 Å². The zero-order valence-corrected chi connectivity index (χ0v) is 14.9. The smallest absolute Gasteiger partial charge is 0.251 e. The van der Waals surface area contributed by atoms with Crippen LogP contribution >= 0.6 is 0 Å². The lowest BCUT2D eigenvalue weighted by atomic mass is 10.1. The first kappa shape index (κ1) is 18.5. The highest BCUT2D eigenvalue weighted by molar-refractivity contribution is 5.96. The molecule has 0 aliphatic rings. The minimum Gasteiger partial charge on any atom is -0.376 e. The number of hydrogen-bond acceptors (Lipinski definition) is 3. The molecule has 2 amide bonds. The molecule has 25 heavy (non-hydrogen) atoms. The highest BCUT2D eigenvalue weighted by Crippen LogP contribution is 2.15. The van der Waals surface area contributed by atoms with Crippen LogP contribution in [0, 0.1) is 6.92 Å². The summed E-state index contributed by atoms with van der Waals surface area (Å²) < 4.78 is 0. The molecular formula is C20H25N3O2. The lowest BCUT2D eigenvalue weighted by molar-refractivity contribution is -0.119. The van der Waals surface area contributed by atoms with Gasteiger partial charge in [-0.15, -0.1) is 0 Å². The molecule has 0 aliphatic carbocycles. The second kappa shape index (κ2) is 8.87. The molecule has 0 saturated carbocycles. The molecule has 2 aromatic rings. The molecule has 0 aliphatic heterocycles. The van der Waals surface area contributed by atoms with E-state index in [-0.39, 0.29) is 24.4 Å². The van der Waals surface area contributed by atoms with Gasteiger partial charge >= 0.3 is 0 Å². The first-order valence-corrected chi connectivity index (χ1v) is 8.41. The first-order valence-electron chi connectivity index (χ1n) is 8.41. The van der Waals surface area contributed by atoms with Crippen LogP contribution in [0.3, 0.4) is 0 Å². The van der Waals surface area contributed by atoms with Gasteiger partial charge in [-0.05, 0) is 50.1 Å². The molecule has 0 radical (unpaired) electrons. The van der Waals surface area contributed by atoms with Crippen molar-refractivity contribution in [3.63, 3.8) is 0 Å². The molecule has 0 saturated heterocycles. The van der Waals surface area contributed by atoms with E-state index < -0.39 is 0 Å². The van der Waals surface area contributed by atoms with E-state index in [0.717, 1.165) is 16.8 Å². The zero-order valence-electron chi connectivity index (χ0n) is 14.9. The maximum atomic E-state index is 12.1. The van der Waals surface area contributed by atoms with Crippen LogP contribution in [0.4, 0.5) is 5.69 Å². The van der Waals surface area contributed by atoms with Crippen LogP contribution in [0.2, 0.25) is 0 Å². The largest absolute Gasteiger partial charge is 0.376 e. The van der Waals surface area contributed by atoms with Gasteiger partial charge in [-0.25, -0.2) is 0 Å². The Morgan fingerprint density at radius 3 is 2.40 bits per heavy atom. The van der Waals surface area contributed by atoms with Crippen molar-refractivity contribution in [2.75, 3.05) is 11.9 Å². The molecule has 2 rings (SSSR count). The van der Waals surface area contributed by atoms with E-state index in [0.29, 0.717) is 12.1 Å². The Morgan fingerprint density at radius 1 is 1.04 bits per heavy atom. The van der Waals surface area contributed by atoms with Crippen LogP contribution in [-0.4, -0.2) is 24.4 Å². The highest BCUT2D eigenvalue weighted by Gasteiger charge is 2.10. The zero-order chi connectivity index (χ0) is 18.2. The fraction of sp³-hybridized carbons (Fsp3) is 0.300. The predicted octanol–water partition coefficient (Wildman–Crippen LogP) is 2.86. The summed E-state index contributed by atoms with van der Waals surface area (Å²) >= 11 is 0. The van der Waals surface area contributed by atoms with Gasteiger partial charge < -0.3 is 16.0 Å². The van der Waals surface area contributed by atoms with Crippen LogP contribution in [-0.2, 0) is 11.3 Å². The number of amides is 2. The average Bonchev–Trinajstić information content (AvgIpc) is 2.58. The topological polar surface area (TPSA) is 70.2 Å². The lowest BCUT2D eigenvalue weighted by Crippen LogP contribution is -2.31. The van der Waals surface area contributed by atoms with E-state index in [2.05, 4.69) is 16.0 Å². The van der Waals surface area contributed by atoms with Crippen LogP contribution in [0.5, 0.6) is 0 Å². The number of benzene rings is 2. The summed E-state index contributed by atoms with van der Waals surface area (Å²) in [6, 6.07) is 15.3. The Hall–Kier alpha value is -2.82. The number of carbonyl (C=O) groups excluding carboxylic acids is 2. The summed E-state index contributed by atoms with van der Waals surface area (Å²) in [7, 11) is 0. The maximum absolute atomic E-state index is 12.1. The summed E-state index contributed by atoms with van der Waals surface area (Å²) in [6.45, 7) is 6.43. The molecule has 0 bridgehead atoms. The number of carbonyl (C=O) groups is 2. The Bertz CT molecular complexity index is 727. The van der Waals surface area contributed by atoms with Crippen molar-refractivity contribution in [3.05, 3.63) is 65.2 Å². The van der Waals surface area contributed by atoms with Crippen molar-refractivity contribution in [3.8, 4) is 0 Å². The number of aryl methyl sites for hydroxylation is 1. The maximum Gasteiger partial charge on any atom is 0.251 e. The Kier molecular flexibility index (Phi) is 6.57. The number of hydrogen-bond donors (Lipinski definition) is 3. The second-order valence-electron chi connectivity index (χ2n) is 6.27. The second-order valence-corrected chi connectivity index (χ2v) is 6.27. The standard InChI is InChI=1S/C20H25N3O2/c1-14(2)23-20(25)18-10-9-17(11-15(18)3)21-13-19(24)22-12-16-7-5-4-6-8-16/h4-11,14,21H,12-13H2,1-3H3,(H,22,24)(H,23,25). The van der Waals surface area contributed by atoms with Gasteiger partial charge in [-0.1, -0.05) is 30.3 Å². The average molecular weight is 339 g/mol. The third-order valence-corrected chi connectivity index (χ3v) is 3.68. The van der Waals surface area contributed by atoms with Crippen molar-refractivity contribution in [1.29, 1.82) is 0 Å². The number of nitrogens with one attached hydrogen (secondary N) is 3. The molecular weight excluding hydrogens is 314 g/mol. The van der Waals surface area contributed by atoms with Crippen molar-refractivity contribution in [1.82, 2.24) is 10.6 Å². The van der Waals surface area contributed by atoms with Crippen molar-refractivity contribution in [2.24, 2.45) is 0 Å². The third-order valence-electron chi connectivity index (χ3n) is 3.68. The molecule has 0 fully saturated rings. The molecule has 5 heteroatoms. The molecule has 0 aromatic heterocycles. The SMILES string of the molecule is Cc1cc(NCC(=O)NCc2ccccc2)ccc1C(=O)NC(C)C. The van der Waals surface area contributed by atoms with Gasteiger partial charge in [0, 0.05) is 23.8 Å². The molecule has 3 N–H and O–H groups in total. The summed E-state index contributed by atoms with van der Waals surface area (Å²) in [5.74, 6) is -0.164. The number of anilines is 1. The molecule has 0 spiro atoms. The summed E-state index contributed by atoms with van der Waals surface area (Å²) in [5.41, 5.74) is 3.39. The van der Waals surface area contributed by atoms with E-state index >= 15 is 0 Å². The van der Waals surface area contributed by atoms with Crippen LogP contribution in [0.15, 0.2) is 48.5 Å². The van der Waals surface area contributed by atoms with Crippen molar-refractivity contribution in [2.45, 2.75) is 33.4 Å². The Balaban J connectivity index is 1.85. The Morgan fingerprint density at radius 2 is 1.76 bits per heavy atom. The molecule has 5 nitrogen and oxygen atoms in total. The van der Waals surface area contributed by atoms with Gasteiger partial charge in [-0.3, -0.25) is 9.59 Å². The highest BCUT2D eigenvalue weighted by atomic mass is 16.2. The van der Waals surface area contributed by atoms with Gasteiger partial charge in [0.15, 0.2) is 0 Å². The van der Waals surface area contributed by atoms with Crippen molar-refractivity contribution < 1.29 is 9.59 Å². The summed E-state index contributed by atoms with van der Waals surface area (Å²) in [4.78, 5) is 24.0. The van der Waals surface area contributed by atoms with E-state index in [9.17, 15) is 9.59 Å². The molecule has 0 atom stereocenters. The van der Waals surface area contributed by atoms with E-state index in [4.69, 9.17) is 0 Å². The van der Waals surface area contributed by atoms with E-state index in [1.54, 1.807) is 6.07 Å². The van der Waals surface area contributed by atoms with Crippen LogP contribution < -0.4 is 16.0 Å². The molecule has 0 heterocycles. The minimum absolute atomic E-state index is 0.0804. The fourth-order valence-corrected chi connectivity index (χ4v) is 2.41. The molecule has 132 valence electrons. The quantitative estimate of drug-likeness (QED) is 0.726. The third kappa shape index (κ3) is 5.95. The summed E-state index contributed by atoms with van der Waals surface area (Å²) in [5, 5.41) is 8.83. The first-order chi connectivity index (χ1) is 12.0. The predicted molar refractivity (Wildman–Crippen MR) is 101 cm³/mol. The monoisotopic (exact) mass is 339 g/mol. The van der Waals surface area contributed by atoms with E-state index in [1.165, 1.54) is 0 Å². The molecule has 0 unspecified atom stereocenters. The molecule has 2 aromatic carbocycles. The van der Waals surface area contributed by atoms with Gasteiger partial charge in [0.2, 0.25) is 5.91 Å². The minimum atomic E-state index is -0.0837. The lowest BCUT2D eigenvalue weighted by Gasteiger charge is -2.12. The fourth-order valence-electron chi connectivity index (χ4n) is 2.41. The van der Waals surface area contributed by atoms with Crippen LogP contribution in [0.25, 0.3) is 0 Å². The van der Waals surface area contributed by atoms with Crippen LogP contribution in [0.1, 0.15) is 35.3 Å². The normalized spacial score (nSPS) is 10.4. The van der Waals surface area contributed by atoms with Gasteiger partial charge in [-0.2, -0.15) is 0 Å². The van der Waals surface area contributed by atoms with Gasteiger partial charge in [0.25, 0.3) is 5.91 Å².